The molecule has 2 heteroatoms. The molecule has 0 amide bonds. The van der Waals surface area contributed by atoms with Gasteiger partial charge >= 0.3 is 0 Å². The maximum atomic E-state index is 2.72. The fourth-order valence-electron chi connectivity index (χ4n) is 0.211. The Kier molecular flexibility index (Phi) is 3.59. The lowest BCUT2D eigenvalue weighted by Crippen LogP contribution is -2.25. The van der Waals surface area contributed by atoms with Crippen molar-refractivity contribution in [2.75, 3.05) is 20.3 Å². The van der Waals surface area contributed by atoms with E-state index < -0.39 is 0 Å². The molecule has 1 nitrogen and oxygen atoms in total. The highest BCUT2D eigenvalue weighted by Crippen LogP contribution is 1.94. The molecule has 0 aromatic carbocycles. The van der Waals surface area contributed by atoms with Crippen LogP contribution in [0.3, 0.4) is 0 Å². The van der Waals surface area contributed by atoms with Crippen LogP contribution in [0.25, 0.3) is 0 Å². The summed E-state index contributed by atoms with van der Waals surface area (Å²) < 4.78 is 0. The van der Waals surface area contributed by atoms with Gasteiger partial charge in [-0.05, 0) is 27.2 Å². The molecular formula is C5H14NP. The van der Waals surface area contributed by atoms with Gasteiger partial charge in [0, 0.05) is 6.04 Å². The van der Waals surface area contributed by atoms with Crippen LogP contribution in [0.5, 0.6) is 0 Å². The van der Waals surface area contributed by atoms with Gasteiger partial charge in [-0.25, -0.2) is 0 Å². The third-order valence-corrected chi connectivity index (χ3v) is 1.90. The molecular weight excluding hydrogens is 105 g/mol. The maximum Gasteiger partial charge on any atom is 0.00953 e. The first-order chi connectivity index (χ1) is 3.18. The van der Waals surface area contributed by atoms with Gasteiger partial charge in [0.25, 0.3) is 0 Å². The van der Waals surface area contributed by atoms with Crippen LogP contribution in [0.1, 0.15) is 6.92 Å². The number of rotatable bonds is 2. The van der Waals surface area contributed by atoms with Crippen LogP contribution in [0.4, 0.5) is 0 Å². The van der Waals surface area contributed by atoms with Crippen molar-refractivity contribution in [3.05, 3.63) is 0 Å². The van der Waals surface area contributed by atoms with E-state index in [0.717, 1.165) is 6.16 Å². The predicted octanol–water partition coefficient (Wildman–Crippen LogP) is 0.812. The smallest absolute Gasteiger partial charge is 0.00953 e. The van der Waals surface area contributed by atoms with Gasteiger partial charge in [0.15, 0.2) is 0 Å². The Bertz CT molecular complexity index is 45.3. The number of hydrogen-bond acceptors (Lipinski definition) is 1. The Morgan fingerprint density at radius 1 is 1.57 bits per heavy atom. The highest BCUT2D eigenvalue weighted by molar-refractivity contribution is 7.16. The summed E-state index contributed by atoms with van der Waals surface area (Å²) in [4.78, 5) is 2.20. The lowest BCUT2D eigenvalue weighted by atomic mass is 10.4. The number of nitrogens with zero attached hydrogens (tertiary/aromatic N) is 1. The predicted molar refractivity (Wildman–Crippen MR) is 37.7 cm³/mol. The minimum atomic E-state index is 0.699. The van der Waals surface area contributed by atoms with Gasteiger partial charge in [-0.3, -0.25) is 0 Å². The zero-order valence-electron chi connectivity index (χ0n) is 5.31. The SMILES string of the molecule is CC(CP)N(C)C. The second-order valence-electron chi connectivity index (χ2n) is 2.05. The van der Waals surface area contributed by atoms with Crippen LogP contribution in [-0.2, 0) is 0 Å². The molecule has 0 aliphatic carbocycles. The van der Waals surface area contributed by atoms with E-state index in [4.69, 9.17) is 0 Å². The van der Waals surface area contributed by atoms with Crippen molar-refractivity contribution < 1.29 is 0 Å². The van der Waals surface area contributed by atoms with Crippen LogP contribution in [0.15, 0.2) is 0 Å². The van der Waals surface area contributed by atoms with Crippen molar-refractivity contribution in [3.63, 3.8) is 0 Å². The molecule has 0 aliphatic heterocycles. The van der Waals surface area contributed by atoms with Crippen LogP contribution >= 0.6 is 9.24 Å². The first kappa shape index (κ1) is 7.39. The molecule has 0 spiro atoms. The summed E-state index contributed by atoms with van der Waals surface area (Å²) >= 11 is 0. The van der Waals surface area contributed by atoms with Gasteiger partial charge in [-0.2, -0.15) is 0 Å². The van der Waals surface area contributed by atoms with Crippen molar-refractivity contribution in [2.24, 2.45) is 0 Å². The molecule has 0 aromatic rings. The lowest BCUT2D eigenvalue weighted by Gasteiger charge is -2.16. The van der Waals surface area contributed by atoms with E-state index in [1.54, 1.807) is 0 Å². The first-order valence-corrected chi connectivity index (χ1v) is 3.36. The summed E-state index contributed by atoms with van der Waals surface area (Å²) in [6.45, 7) is 2.20. The second kappa shape index (κ2) is 3.40. The van der Waals surface area contributed by atoms with Gasteiger partial charge < -0.3 is 4.90 Å². The highest BCUT2D eigenvalue weighted by atomic mass is 31.0. The summed E-state index contributed by atoms with van der Waals surface area (Å²) in [6, 6.07) is 0.699. The van der Waals surface area contributed by atoms with Crippen LogP contribution in [-0.4, -0.2) is 31.2 Å². The first-order valence-electron chi connectivity index (χ1n) is 2.55. The Morgan fingerprint density at radius 2 is 2.00 bits per heavy atom. The van der Waals surface area contributed by atoms with Crippen molar-refractivity contribution in [2.45, 2.75) is 13.0 Å². The quantitative estimate of drug-likeness (QED) is 0.486. The fraction of sp³-hybridized carbons (Fsp3) is 1.00. The molecule has 0 bridgehead atoms. The standard InChI is InChI=1S/C5H14NP/c1-5(4-7)6(2)3/h5H,4,7H2,1-3H3. The van der Waals surface area contributed by atoms with E-state index in [-0.39, 0.29) is 0 Å². The Balaban J connectivity index is 3.14. The molecule has 0 radical (unpaired) electrons. The van der Waals surface area contributed by atoms with E-state index in [1.807, 2.05) is 0 Å². The van der Waals surface area contributed by atoms with Gasteiger partial charge in [-0.15, -0.1) is 9.24 Å². The summed E-state index contributed by atoms with van der Waals surface area (Å²) in [5.41, 5.74) is 0. The zero-order chi connectivity index (χ0) is 5.86. The number of hydrogen-bond donors (Lipinski definition) is 0. The van der Waals surface area contributed by atoms with E-state index >= 15 is 0 Å². The van der Waals surface area contributed by atoms with E-state index in [1.165, 1.54) is 0 Å². The average molecular weight is 119 g/mol. The van der Waals surface area contributed by atoms with Crippen LogP contribution in [0, 0.1) is 0 Å². The van der Waals surface area contributed by atoms with Crippen molar-refractivity contribution in [3.8, 4) is 0 Å². The molecule has 0 aromatic heterocycles. The molecule has 2 atom stereocenters. The van der Waals surface area contributed by atoms with E-state index in [2.05, 4.69) is 35.2 Å². The third kappa shape index (κ3) is 3.02. The maximum absolute atomic E-state index is 2.72. The van der Waals surface area contributed by atoms with Crippen LogP contribution < -0.4 is 0 Å². The second-order valence-corrected chi connectivity index (χ2v) is 2.52. The molecule has 44 valence electrons. The highest BCUT2D eigenvalue weighted by Gasteiger charge is 1.97. The normalized spacial score (nSPS) is 15.0. The summed E-state index contributed by atoms with van der Waals surface area (Å²) in [7, 11) is 6.91. The summed E-state index contributed by atoms with van der Waals surface area (Å²) in [6.07, 6.45) is 1.16. The Morgan fingerprint density at radius 3 is 2.00 bits per heavy atom. The summed E-state index contributed by atoms with van der Waals surface area (Å²) in [5.74, 6) is 0. The van der Waals surface area contributed by atoms with Gasteiger partial charge in [0.05, 0.1) is 0 Å². The van der Waals surface area contributed by atoms with Gasteiger partial charge in [-0.1, -0.05) is 0 Å². The largest absolute Gasteiger partial charge is 0.306 e. The minimum Gasteiger partial charge on any atom is -0.306 e. The molecule has 0 saturated heterocycles. The van der Waals surface area contributed by atoms with Crippen molar-refractivity contribution >= 4 is 9.24 Å². The van der Waals surface area contributed by atoms with Crippen molar-refractivity contribution in [1.82, 2.24) is 4.90 Å². The van der Waals surface area contributed by atoms with Crippen LogP contribution in [0.2, 0.25) is 0 Å². The minimum absolute atomic E-state index is 0.699. The summed E-state index contributed by atoms with van der Waals surface area (Å²) in [5, 5.41) is 0. The Hall–Kier alpha value is 0.390. The van der Waals surface area contributed by atoms with E-state index in [0.29, 0.717) is 6.04 Å². The van der Waals surface area contributed by atoms with Gasteiger partial charge in [0.2, 0.25) is 0 Å². The molecule has 0 fully saturated rings. The van der Waals surface area contributed by atoms with Crippen molar-refractivity contribution in [1.29, 1.82) is 0 Å². The zero-order valence-corrected chi connectivity index (χ0v) is 6.46. The monoisotopic (exact) mass is 119 g/mol. The van der Waals surface area contributed by atoms with Gasteiger partial charge in [0.1, 0.15) is 0 Å². The molecule has 0 rings (SSSR count). The molecule has 0 heterocycles. The van der Waals surface area contributed by atoms with E-state index in [9.17, 15) is 0 Å². The fourth-order valence-corrected chi connectivity index (χ4v) is 0.632. The molecule has 0 N–H and O–H groups in total. The Labute approximate surface area is 48.3 Å². The third-order valence-electron chi connectivity index (χ3n) is 1.22. The molecule has 0 saturated carbocycles. The topological polar surface area (TPSA) is 3.24 Å². The molecule has 2 unspecified atom stereocenters. The molecule has 7 heavy (non-hydrogen) atoms. The average Bonchev–Trinajstić information content (AvgIpc) is 1.65. The molecule has 0 aliphatic rings. The lowest BCUT2D eigenvalue weighted by molar-refractivity contribution is 0.340.